The Kier molecular flexibility index (Phi) is 3.29. The van der Waals surface area contributed by atoms with Crippen LogP contribution in [0.4, 0.5) is 4.39 Å². The summed E-state index contributed by atoms with van der Waals surface area (Å²) in [5.41, 5.74) is 0.583. The SMILES string of the molecule is COc1ccc(F)c(C2CCCN2)c1OC. The molecule has 1 aliphatic heterocycles. The van der Waals surface area contributed by atoms with Gasteiger partial charge in [0.2, 0.25) is 0 Å². The van der Waals surface area contributed by atoms with E-state index in [4.69, 9.17) is 9.47 Å². The first-order valence-corrected chi connectivity index (χ1v) is 5.41. The van der Waals surface area contributed by atoms with E-state index in [9.17, 15) is 4.39 Å². The van der Waals surface area contributed by atoms with E-state index < -0.39 is 0 Å². The Bertz CT molecular complexity index is 376. The molecule has 0 aromatic heterocycles. The summed E-state index contributed by atoms with van der Waals surface area (Å²) in [5, 5.41) is 3.26. The molecule has 1 heterocycles. The topological polar surface area (TPSA) is 30.5 Å². The van der Waals surface area contributed by atoms with Crippen molar-refractivity contribution >= 4 is 0 Å². The van der Waals surface area contributed by atoms with Crippen molar-refractivity contribution in [1.82, 2.24) is 5.32 Å². The molecule has 0 saturated carbocycles. The molecule has 1 saturated heterocycles. The first-order valence-electron chi connectivity index (χ1n) is 5.41. The van der Waals surface area contributed by atoms with Crippen LogP contribution in [0.3, 0.4) is 0 Å². The summed E-state index contributed by atoms with van der Waals surface area (Å²) in [6, 6.07) is 3.05. The second-order valence-corrected chi connectivity index (χ2v) is 3.85. The number of hydrogen-bond acceptors (Lipinski definition) is 3. The van der Waals surface area contributed by atoms with Crippen LogP contribution in [0.15, 0.2) is 12.1 Å². The highest BCUT2D eigenvalue weighted by Gasteiger charge is 2.25. The van der Waals surface area contributed by atoms with E-state index in [1.165, 1.54) is 13.2 Å². The number of ether oxygens (including phenoxy) is 2. The van der Waals surface area contributed by atoms with E-state index in [2.05, 4.69) is 5.32 Å². The lowest BCUT2D eigenvalue weighted by molar-refractivity contribution is 0.343. The van der Waals surface area contributed by atoms with Crippen LogP contribution in [-0.2, 0) is 0 Å². The van der Waals surface area contributed by atoms with Crippen molar-refractivity contribution in [1.29, 1.82) is 0 Å². The monoisotopic (exact) mass is 225 g/mol. The number of nitrogens with one attached hydrogen (secondary N) is 1. The highest BCUT2D eigenvalue weighted by Crippen LogP contribution is 2.39. The molecule has 3 nitrogen and oxygen atoms in total. The summed E-state index contributed by atoms with van der Waals surface area (Å²) in [4.78, 5) is 0. The van der Waals surface area contributed by atoms with Gasteiger partial charge in [-0.2, -0.15) is 0 Å². The van der Waals surface area contributed by atoms with Crippen molar-refractivity contribution in [2.75, 3.05) is 20.8 Å². The van der Waals surface area contributed by atoms with Gasteiger partial charge in [0.25, 0.3) is 0 Å². The minimum absolute atomic E-state index is 0.0325. The molecule has 1 aliphatic rings. The molecule has 1 N–H and O–H groups in total. The predicted molar refractivity (Wildman–Crippen MR) is 59.5 cm³/mol. The molecule has 0 aliphatic carbocycles. The van der Waals surface area contributed by atoms with Crippen molar-refractivity contribution in [3.63, 3.8) is 0 Å². The van der Waals surface area contributed by atoms with E-state index in [-0.39, 0.29) is 11.9 Å². The molecular weight excluding hydrogens is 209 g/mol. The normalized spacial score (nSPS) is 19.8. The Hall–Kier alpha value is -1.29. The van der Waals surface area contributed by atoms with Gasteiger partial charge >= 0.3 is 0 Å². The maximum Gasteiger partial charge on any atom is 0.168 e. The third kappa shape index (κ3) is 1.85. The van der Waals surface area contributed by atoms with Gasteiger partial charge in [0.15, 0.2) is 11.5 Å². The minimum Gasteiger partial charge on any atom is -0.493 e. The number of rotatable bonds is 3. The van der Waals surface area contributed by atoms with E-state index in [1.54, 1.807) is 13.2 Å². The Morgan fingerprint density at radius 3 is 2.69 bits per heavy atom. The minimum atomic E-state index is -0.239. The summed E-state index contributed by atoms with van der Waals surface area (Å²) < 4.78 is 24.3. The summed E-state index contributed by atoms with van der Waals surface area (Å²) in [6.45, 7) is 0.921. The third-order valence-electron chi connectivity index (χ3n) is 2.94. The fourth-order valence-corrected chi connectivity index (χ4v) is 2.18. The molecule has 1 atom stereocenters. The number of hydrogen-bond donors (Lipinski definition) is 1. The molecule has 4 heteroatoms. The van der Waals surface area contributed by atoms with E-state index in [0.29, 0.717) is 17.1 Å². The van der Waals surface area contributed by atoms with Gasteiger partial charge in [-0.1, -0.05) is 0 Å². The molecular formula is C12H16FNO2. The maximum atomic E-state index is 13.8. The Labute approximate surface area is 94.6 Å². The van der Waals surface area contributed by atoms with E-state index >= 15 is 0 Å². The average Bonchev–Trinajstić information content (AvgIpc) is 2.81. The van der Waals surface area contributed by atoms with Crippen molar-refractivity contribution < 1.29 is 13.9 Å². The van der Waals surface area contributed by atoms with Gasteiger partial charge in [-0.25, -0.2) is 4.39 Å². The smallest absolute Gasteiger partial charge is 0.168 e. The van der Waals surface area contributed by atoms with Crippen LogP contribution in [0, 0.1) is 5.82 Å². The van der Waals surface area contributed by atoms with Crippen molar-refractivity contribution in [2.45, 2.75) is 18.9 Å². The summed E-state index contributed by atoms with van der Waals surface area (Å²) >= 11 is 0. The van der Waals surface area contributed by atoms with Gasteiger partial charge in [-0.15, -0.1) is 0 Å². The van der Waals surface area contributed by atoms with Crippen LogP contribution in [-0.4, -0.2) is 20.8 Å². The highest BCUT2D eigenvalue weighted by atomic mass is 19.1. The molecule has 0 spiro atoms. The molecule has 1 aromatic carbocycles. The molecule has 88 valence electrons. The largest absolute Gasteiger partial charge is 0.493 e. The molecule has 2 rings (SSSR count). The Balaban J connectivity index is 2.47. The van der Waals surface area contributed by atoms with Crippen LogP contribution in [0.25, 0.3) is 0 Å². The molecule has 1 unspecified atom stereocenters. The molecule has 0 bridgehead atoms. The number of methoxy groups -OCH3 is 2. The van der Waals surface area contributed by atoms with Gasteiger partial charge in [0.05, 0.1) is 19.8 Å². The first kappa shape index (κ1) is 11.2. The lowest BCUT2D eigenvalue weighted by Gasteiger charge is -2.18. The van der Waals surface area contributed by atoms with Gasteiger partial charge < -0.3 is 14.8 Å². The Morgan fingerprint density at radius 1 is 1.31 bits per heavy atom. The first-order chi connectivity index (χ1) is 7.77. The zero-order valence-electron chi connectivity index (χ0n) is 9.55. The van der Waals surface area contributed by atoms with Gasteiger partial charge in [-0.05, 0) is 31.5 Å². The van der Waals surface area contributed by atoms with Crippen LogP contribution in [0.2, 0.25) is 0 Å². The van der Waals surface area contributed by atoms with Gasteiger partial charge in [0.1, 0.15) is 5.82 Å². The van der Waals surface area contributed by atoms with Crippen molar-refractivity contribution in [2.24, 2.45) is 0 Å². The van der Waals surface area contributed by atoms with Crippen molar-refractivity contribution in [3.8, 4) is 11.5 Å². The molecule has 0 radical (unpaired) electrons. The lowest BCUT2D eigenvalue weighted by atomic mass is 10.0. The van der Waals surface area contributed by atoms with Crippen LogP contribution < -0.4 is 14.8 Å². The average molecular weight is 225 g/mol. The summed E-state index contributed by atoms with van der Waals surface area (Å²) in [6.07, 6.45) is 1.99. The van der Waals surface area contributed by atoms with E-state index in [1.807, 2.05) is 0 Å². The molecule has 16 heavy (non-hydrogen) atoms. The van der Waals surface area contributed by atoms with Gasteiger partial charge in [0, 0.05) is 6.04 Å². The summed E-state index contributed by atoms with van der Waals surface area (Å²) in [5.74, 6) is 0.839. The lowest BCUT2D eigenvalue weighted by Crippen LogP contribution is -2.15. The van der Waals surface area contributed by atoms with Crippen LogP contribution in [0.1, 0.15) is 24.4 Å². The summed E-state index contributed by atoms with van der Waals surface area (Å²) in [7, 11) is 3.09. The quantitative estimate of drug-likeness (QED) is 0.856. The second kappa shape index (κ2) is 4.70. The standard InChI is InChI=1S/C12H16FNO2/c1-15-10-6-5-8(13)11(12(10)16-2)9-4-3-7-14-9/h5-6,9,14H,3-4,7H2,1-2H3. The predicted octanol–water partition coefficient (Wildman–Crippen LogP) is 2.27. The van der Waals surface area contributed by atoms with Crippen molar-refractivity contribution in [3.05, 3.63) is 23.5 Å². The molecule has 0 amide bonds. The number of halogens is 1. The number of benzene rings is 1. The molecule has 1 aromatic rings. The third-order valence-corrected chi connectivity index (χ3v) is 2.94. The Morgan fingerprint density at radius 2 is 2.12 bits per heavy atom. The van der Waals surface area contributed by atoms with Crippen LogP contribution >= 0.6 is 0 Å². The zero-order valence-corrected chi connectivity index (χ0v) is 9.55. The molecule has 1 fully saturated rings. The van der Waals surface area contributed by atoms with Crippen LogP contribution in [0.5, 0.6) is 11.5 Å². The zero-order chi connectivity index (χ0) is 11.5. The van der Waals surface area contributed by atoms with Gasteiger partial charge in [-0.3, -0.25) is 0 Å². The fourth-order valence-electron chi connectivity index (χ4n) is 2.18. The fraction of sp³-hybridized carbons (Fsp3) is 0.500. The second-order valence-electron chi connectivity index (χ2n) is 3.85. The maximum absolute atomic E-state index is 13.8. The van der Waals surface area contributed by atoms with E-state index in [0.717, 1.165) is 19.4 Å². The highest BCUT2D eigenvalue weighted by molar-refractivity contribution is 5.49.